The third-order valence-electron chi connectivity index (χ3n) is 12.5. The second kappa shape index (κ2) is 19.1. The Bertz CT molecular complexity index is 641. The second-order valence-corrected chi connectivity index (χ2v) is 16.9. The van der Waals surface area contributed by atoms with E-state index in [1.165, 1.54) is 32.1 Å². The molecule has 45 heavy (non-hydrogen) atoms. The molecule has 0 radical (unpaired) electrons. The van der Waals surface area contributed by atoms with Gasteiger partial charge < -0.3 is 23.7 Å². The van der Waals surface area contributed by atoms with E-state index >= 15 is 0 Å². The van der Waals surface area contributed by atoms with Crippen molar-refractivity contribution in [2.75, 3.05) is 46.2 Å². The highest BCUT2D eigenvalue weighted by Crippen LogP contribution is 2.45. The van der Waals surface area contributed by atoms with Crippen LogP contribution in [0.3, 0.4) is 0 Å². The van der Waals surface area contributed by atoms with Crippen LogP contribution in [0.25, 0.3) is 0 Å². The quantitative estimate of drug-likeness (QED) is 0.264. The van der Waals surface area contributed by atoms with Gasteiger partial charge in [0.2, 0.25) is 0 Å². The van der Waals surface area contributed by atoms with Crippen molar-refractivity contribution in [1.82, 2.24) is 0 Å². The lowest BCUT2D eigenvalue weighted by atomic mass is 9.64. The molecule has 4 rings (SSSR count). The van der Waals surface area contributed by atoms with Gasteiger partial charge in [-0.15, -0.1) is 0 Å². The molecule has 0 saturated carbocycles. The summed E-state index contributed by atoms with van der Waals surface area (Å²) >= 11 is 0. The maximum atomic E-state index is 5.86. The van der Waals surface area contributed by atoms with Gasteiger partial charge in [-0.1, -0.05) is 111 Å². The molecule has 0 bridgehead atoms. The number of ether oxygens (including phenoxy) is 5. The summed E-state index contributed by atoms with van der Waals surface area (Å²) in [6, 6.07) is 0. The van der Waals surface area contributed by atoms with E-state index in [9.17, 15) is 0 Å². The van der Waals surface area contributed by atoms with Gasteiger partial charge in [-0.3, -0.25) is 0 Å². The summed E-state index contributed by atoms with van der Waals surface area (Å²) in [5.41, 5.74) is 1.22. The van der Waals surface area contributed by atoms with Crippen LogP contribution in [0.4, 0.5) is 0 Å². The van der Waals surface area contributed by atoms with Gasteiger partial charge in [-0.05, 0) is 73.0 Å². The van der Waals surface area contributed by atoms with Crippen LogP contribution in [0.5, 0.6) is 0 Å². The summed E-state index contributed by atoms with van der Waals surface area (Å²) in [5.74, 6) is 4.97. The smallest absolute Gasteiger partial charge is 0.172 e. The highest BCUT2D eigenvalue weighted by Gasteiger charge is 2.43. The summed E-state index contributed by atoms with van der Waals surface area (Å²) in [5, 5.41) is 0. The number of hydrogen-bond acceptors (Lipinski definition) is 5. The zero-order chi connectivity index (χ0) is 34.6. The second-order valence-electron chi connectivity index (χ2n) is 16.9. The molecule has 4 heterocycles. The van der Waals surface area contributed by atoms with Crippen molar-refractivity contribution in [2.45, 2.75) is 154 Å². The summed E-state index contributed by atoms with van der Waals surface area (Å²) in [4.78, 5) is 0. The SMILES string of the molecule is CC(C)C1(C(C)C)CCCO1.CC(C)C1(C(C)C)CCOC1.CC(C)C1(C(C)C)CCOCC1.CC(C)C1(C(C)C)OCCO1. The van der Waals surface area contributed by atoms with E-state index in [0.29, 0.717) is 34.5 Å². The number of rotatable bonds is 8. The fraction of sp³-hybridized carbons (Fsp3) is 1.00. The Morgan fingerprint density at radius 2 is 0.756 bits per heavy atom. The molecular formula is C40H80O5. The maximum Gasteiger partial charge on any atom is 0.172 e. The van der Waals surface area contributed by atoms with E-state index in [-0.39, 0.29) is 11.4 Å². The van der Waals surface area contributed by atoms with Crippen LogP contribution < -0.4 is 0 Å². The van der Waals surface area contributed by atoms with Crippen LogP contribution in [0.15, 0.2) is 0 Å². The summed E-state index contributed by atoms with van der Waals surface area (Å²) in [6.07, 6.45) is 6.26. The normalized spacial score (nSPS) is 23.5. The molecule has 0 aromatic rings. The lowest BCUT2D eigenvalue weighted by Gasteiger charge is -2.44. The minimum atomic E-state index is -0.306. The molecular weight excluding hydrogens is 560 g/mol. The monoisotopic (exact) mass is 641 g/mol. The van der Waals surface area contributed by atoms with Crippen LogP contribution in [-0.2, 0) is 23.7 Å². The molecule has 0 spiro atoms. The third-order valence-corrected chi connectivity index (χ3v) is 12.5. The van der Waals surface area contributed by atoms with Crippen molar-refractivity contribution in [3.63, 3.8) is 0 Å². The van der Waals surface area contributed by atoms with Gasteiger partial charge in [-0.25, -0.2) is 0 Å². The van der Waals surface area contributed by atoms with E-state index in [2.05, 4.69) is 111 Å². The van der Waals surface area contributed by atoms with Crippen LogP contribution in [0.1, 0.15) is 143 Å². The maximum absolute atomic E-state index is 5.86. The van der Waals surface area contributed by atoms with E-state index < -0.39 is 0 Å². The average Bonchev–Trinajstić information content (AvgIpc) is 3.76. The van der Waals surface area contributed by atoms with Gasteiger partial charge in [0.1, 0.15) is 0 Å². The minimum absolute atomic E-state index is 0.194. The predicted octanol–water partition coefficient (Wildman–Crippen LogP) is 10.7. The molecule has 0 aliphatic carbocycles. The molecule has 0 atom stereocenters. The first-order chi connectivity index (χ1) is 20.9. The Morgan fingerprint density at radius 1 is 0.356 bits per heavy atom. The van der Waals surface area contributed by atoms with Gasteiger partial charge in [0, 0.05) is 43.7 Å². The van der Waals surface area contributed by atoms with Crippen LogP contribution in [-0.4, -0.2) is 57.6 Å². The van der Waals surface area contributed by atoms with Crippen molar-refractivity contribution >= 4 is 0 Å². The highest BCUT2D eigenvalue weighted by molar-refractivity contribution is 4.91. The average molecular weight is 641 g/mol. The fourth-order valence-electron chi connectivity index (χ4n) is 8.78. The molecule has 0 amide bonds. The van der Waals surface area contributed by atoms with Crippen LogP contribution in [0, 0.1) is 58.2 Å². The summed E-state index contributed by atoms with van der Waals surface area (Å²) in [7, 11) is 0. The topological polar surface area (TPSA) is 46.2 Å². The van der Waals surface area contributed by atoms with Gasteiger partial charge >= 0.3 is 0 Å². The Morgan fingerprint density at radius 3 is 0.956 bits per heavy atom. The van der Waals surface area contributed by atoms with Gasteiger partial charge in [0.25, 0.3) is 0 Å². The highest BCUT2D eigenvalue weighted by atomic mass is 16.7. The molecule has 0 aromatic carbocycles. The van der Waals surface area contributed by atoms with Crippen LogP contribution in [0.2, 0.25) is 0 Å². The molecule has 270 valence electrons. The molecule has 4 aliphatic rings. The first kappa shape index (κ1) is 42.8. The summed E-state index contributed by atoms with van der Waals surface area (Å²) < 4.78 is 28.1. The zero-order valence-electron chi connectivity index (χ0n) is 33.1. The molecule has 4 fully saturated rings. The predicted molar refractivity (Wildman–Crippen MR) is 192 cm³/mol. The van der Waals surface area contributed by atoms with Gasteiger partial charge in [0.15, 0.2) is 5.79 Å². The Balaban J connectivity index is 0.000000300. The standard InChI is InChI=1S/C11H22O.2C10H20O.C9H18O2/c1-9(2)11(10(3)4)5-7-12-8-6-11;1-8(2)10(9(3)4)5-6-11-7-10;1-8(2)10(9(3)4)6-5-7-11-10;1-7(2)9(8(3)4)10-5-6-11-9/h9-10H,5-8H2,1-4H3;2*8-9H,5-7H2,1-4H3;7-8H,5-6H2,1-4H3. The molecule has 0 unspecified atom stereocenters. The van der Waals surface area contributed by atoms with Crippen molar-refractivity contribution in [3.05, 3.63) is 0 Å². The Kier molecular flexibility index (Phi) is 18.2. The third kappa shape index (κ3) is 10.6. The lowest BCUT2D eigenvalue weighted by molar-refractivity contribution is -0.216. The molecule has 0 aromatic heterocycles. The van der Waals surface area contributed by atoms with E-state index in [4.69, 9.17) is 23.7 Å². The first-order valence-electron chi connectivity index (χ1n) is 18.9. The Hall–Kier alpha value is -0.200. The van der Waals surface area contributed by atoms with Crippen molar-refractivity contribution in [3.8, 4) is 0 Å². The lowest BCUT2D eigenvalue weighted by Crippen LogP contribution is -2.41. The van der Waals surface area contributed by atoms with Gasteiger partial charge in [0.05, 0.1) is 25.4 Å². The van der Waals surface area contributed by atoms with Crippen molar-refractivity contribution in [1.29, 1.82) is 0 Å². The minimum Gasteiger partial charge on any atom is -0.381 e. The van der Waals surface area contributed by atoms with Crippen molar-refractivity contribution in [2.24, 2.45) is 58.2 Å². The van der Waals surface area contributed by atoms with Crippen molar-refractivity contribution < 1.29 is 23.7 Å². The largest absolute Gasteiger partial charge is 0.381 e. The fourth-order valence-corrected chi connectivity index (χ4v) is 8.78. The van der Waals surface area contributed by atoms with Gasteiger partial charge in [-0.2, -0.15) is 0 Å². The van der Waals surface area contributed by atoms with E-state index in [1.807, 2.05) is 0 Å². The molecule has 5 nitrogen and oxygen atoms in total. The first-order valence-corrected chi connectivity index (χ1v) is 18.9. The molecule has 5 heteroatoms. The molecule has 0 N–H and O–H groups in total. The van der Waals surface area contributed by atoms with Crippen LogP contribution >= 0.6 is 0 Å². The zero-order valence-corrected chi connectivity index (χ0v) is 33.1. The van der Waals surface area contributed by atoms with E-state index in [1.54, 1.807) is 0 Å². The Labute approximate surface area is 282 Å². The molecule has 4 saturated heterocycles. The van der Waals surface area contributed by atoms with E-state index in [0.717, 1.165) is 69.9 Å². The molecule has 4 aliphatic heterocycles. The summed E-state index contributed by atoms with van der Waals surface area (Å²) in [6.45, 7) is 42.7. The number of hydrogen-bond donors (Lipinski definition) is 0.